The minimum atomic E-state index is -4.35. The van der Waals surface area contributed by atoms with E-state index in [1.807, 2.05) is 0 Å². The lowest BCUT2D eigenvalue weighted by Crippen LogP contribution is -2.30. The van der Waals surface area contributed by atoms with Gasteiger partial charge in [0.25, 0.3) is 0 Å². The predicted molar refractivity (Wildman–Crippen MR) is 64.4 cm³/mol. The molecule has 6 heteroatoms. The first-order valence-corrected chi connectivity index (χ1v) is 6.08. The Hall–Kier alpha value is -1.56. The summed E-state index contributed by atoms with van der Waals surface area (Å²) >= 11 is 0. The van der Waals surface area contributed by atoms with Gasteiger partial charge < -0.3 is 11.1 Å². The van der Waals surface area contributed by atoms with E-state index in [4.69, 9.17) is 5.73 Å². The second kappa shape index (κ2) is 5.21. The third-order valence-electron chi connectivity index (χ3n) is 3.21. The Morgan fingerprint density at radius 1 is 1.42 bits per heavy atom. The number of benzene rings is 1. The van der Waals surface area contributed by atoms with Crippen LogP contribution >= 0.6 is 0 Å². The van der Waals surface area contributed by atoms with Crippen LogP contribution in [0.5, 0.6) is 0 Å². The molecule has 1 saturated carbocycles. The monoisotopic (exact) mass is 272 g/mol. The molecule has 1 aliphatic carbocycles. The summed E-state index contributed by atoms with van der Waals surface area (Å²) in [5.41, 5.74) is 5.17. The van der Waals surface area contributed by atoms with E-state index in [-0.39, 0.29) is 17.7 Å². The molecule has 104 valence electrons. The zero-order valence-electron chi connectivity index (χ0n) is 10.2. The third kappa shape index (κ3) is 3.26. The van der Waals surface area contributed by atoms with Crippen LogP contribution < -0.4 is 11.1 Å². The highest BCUT2D eigenvalue weighted by Crippen LogP contribution is 2.48. The van der Waals surface area contributed by atoms with Crippen LogP contribution in [0.25, 0.3) is 0 Å². The molecule has 0 heterocycles. The molecule has 2 rings (SSSR count). The molecule has 1 aromatic rings. The molecule has 3 N–H and O–H groups in total. The van der Waals surface area contributed by atoms with E-state index < -0.39 is 11.7 Å². The van der Waals surface area contributed by atoms with Gasteiger partial charge in [-0.15, -0.1) is 0 Å². The van der Waals surface area contributed by atoms with Gasteiger partial charge in [0, 0.05) is 19.0 Å². The van der Waals surface area contributed by atoms with Crippen LogP contribution in [-0.2, 0) is 11.0 Å². The van der Waals surface area contributed by atoms with Crippen LogP contribution in [0.2, 0.25) is 0 Å². The molecular weight excluding hydrogens is 257 g/mol. The van der Waals surface area contributed by atoms with Gasteiger partial charge in [0.05, 0.1) is 5.56 Å². The summed E-state index contributed by atoms with van der Waals surface area (Å²) in [7, 11) is 0. The second-order valence-corrected chi connectivity index (χ2v) is 4.65. The van der Waals surface area contributed by atoms with Crippen molar-refractivity contribution in [3.63, 3.8) is 0 Å². The number of halogens is 3. The van der Waals surface area contributed by atoms with E-state index >= 15 is 0 Å². The molecule has 1 amide bonds. The number of hydrogen-bond donors (Lipinski definition) is 2. The fourth-order valence-corrected chi connectivity index (χ4v) is 2.13. The first-order valence-electron chi connectivity index (χ1n) is 6.08. The number of amides is 1. The average molecular weight is 272 g/mol. The van der Waals surface area contributed by atoms with Crippen molar-refractivity contribution in [2.75, 3.05) is 13.1 Å². The topological polar surface area (TPSA) is 55.1 Å². The van der Waals surface area contributed by atoms with E-state index in [9.17, 15) is 18.0 Å². The minimum Gasteiger partial charge on any atom is -0.355 e. The van der Waals surface area contributed by atoms with Crippen LogP contribution in [0.4, 0.5) is 13.2 Å². The Balaban J connectivity index is 2.03. The van der Waals surface area contributed by atoms with Crippen LogP contribution in [-0.4, -0.2) is 19.0 Å². The predicted octanol–water partition coefficient (Wildman–Crippen LogP) is 1.88. The number of rotatable bonds is 4. The Kier molecular flexibility index (Phi) is 3.80. The molecule has 2 atom stereocenters. The highest BCUT2D eigenvalue weighted by atomic mass is 19.4. The van der Waals surface area contributed by atoms with Crippen molar-refractivity contribution < 1.29 is 18.0 Å². The van der Waals surface area contributed by atoms with Crippen LogP contribution in [0, 0.1) is 5.92 Å². The van der Waals surface area contributed by atoms with Crippen molar-refractivity contribution >= 4 is 5.91 Å². The number of nitrogens with two attached hydrogens (primary N) is 1. The van der Waals surface area contributed by atoms with Gasteiger partial charge in [-0.1, -0.05) is 18.2 Å². The van der Waals surface area contributed by atoms with Gasteiger partial charge in [-0.05, 0) is 24.0 Å². The molecular formula is C13H15F3N2O. The van der Waals surface area contributed by atoms with Gasteiger partial charge in [0.15, 0.2) is 0 Å². The number of nitrogens with one attached hydrogen (secondary N) is 1. The van der Waals surface area contributed by atoms with E-state index in [2.05, 4.69) is 5.32 Å². The Labute approximate surface area is 109 Å². The maximum absolute atomic E-state index is 12.6. The zero-order chi connectivity index (χ0) is 14.0. The lowest BCUT2D eigenvalue weighted by atomic mass is 10.1. The summed E-state index contributed by atoms with van der Waals surface area (Å²) in [6.07, 6.45) is -3.75. The van der Waals surface area contributed by atoms with Crippen LogP contribution in [0.3, 0.4) is 0 Å². The molecule has 3 nitrogen and oxygen atoms in total. The van der Waals surface area contributed by atoms with Crippen molar-refractivity contribution in [1.82, 2.24) is 5.32 Å². The molecule has 0 radical (unpaired) electrons. The Bertz CT molecular complexity index is 473. The molecule has 1 fully saturated rings. The van der Waals surface area contributed by atoms with Crippen molar-refractivity contribution in [1.29, 1.82) is 0 Å². The zero-order valence-corrected chi connectivity index (χ0v) is 10.2. The average Bonchev–Trinajstić information content (AvgIpc) is 3.15. The lowest BCUT2D eigenvalue weighted by Gasteiger charge is -2.08. The van der Waals surface area contributed by atoms with Crippen molar-refractivity contribution in [3.8, 4) is 0 Å². The quantitative estimate of drug-likeness (QED) is 0.879. The van der Waals surface area contributed by atoms with Gasteiger partial charge >= 0.3 is 6.18 Å². The van der Waals surface area contributed by atoms with E-state index in [0.29, 0.717) is 25.1 Å². The lowest BCUT2D eigenvalue weighted by molar-refractivity contribution is -0.137. The SMILES string of the molecule is NCCNC(=O)C1CC1c1cccc(C(F)(F)F)c1. The van der Waals surface area contributed by atoms with Crippen molar-refractivity contribution in [2.24, 2.45) is 11.7 Å². The van der Waals surface area contributed by atoms with Crippen molar-refractivity contribution in [2.45, 2.75) is 18.5 Å². The molecule has 19 heavy (non-hydrogen) atoms. The summed E-state index contributed by atoms with van der Waals surface area (Å²) in [6, 6.07) is 5.18. The van der Waals surface area contributed by atoms with Crippen molar-refractivity contribution in [3.05, 3.63) is 35.4 Å². The summed E-state index contributed by atoms with van der Waals surface area (Å²) in [5.74, 6) is -0.469. The standard InChI is InChI=1S/C13H15F3N2O/c14-13(15,16)9-3-1-2-8(6-9)10-7-11(10)12(19)18-5-4-17/h1-3,6,10-11H,4-5,7,17H2,(H,18,19). The normalized spacial score (nSPS) is 22.1. The smallest absolute Gasteiger partial charge is 0.355 e. The van der Waals surface area contributed by atoms with E-state index in [1.54, 1.807) is 6.07 Å². The van der Waals surface area contributed by atoms with Gasteiger partial charge in [0.2, 0.25) is 5.91 Å². The maximum Gasteiger partial charge on any atom is 0.416 e. The summed E-state index contributed by atoms with van der Waals surface area (Å²) in [6.45, 7) is 0.747. The Morgan fingerprint density at radius 2 is 2.16 bits per heavy atom. The van der Waals surface area contributed by atoms with Gasteiger partial charge in [-0.3, -0.25) is 4.79 Å². The Morgan fingerprint density at radius 3 is 2.79 bits per heavy atom. The van der Waals surface area contributed by atoms with E-state index in [0.717, 1.165) is 12.1 Å². The fraction of sp³-hybridized carbons (Fsp3) is 0.462. The summed E-state index contributed by atoms with van der Waals surface area (Å²) in [5, 5.41) is 2.65. The first-order chi connectivity index (χ1) is 8.93. The molecule has 0 aliphatic heterocycles. The molecule has 0 saturated heterocycles. The molecule has 1 aliphatic rings. The summed E-state index contributed by atoms with van der Waals surface area (Å²) < 4.78 is 37.7. The molecule has 2 unspecified atom stereocenters. The van der Waals surface area contributed by atoms with E-state index in [1.165, 1.54) is 6.07 Å². The maximum atomic E-state index is 12.6. The molecule has 0 bridgehead atoms. The highest BCUT2D eigenvalue weighted by molar-refractivity contribution is 5.82. The van der Waals surface area contributed by atoms with Gasteiger partial charge in [0.1, 0.15) is 0 Å². The number of carbonyl (C=O) groups is 1. The van der Waals surface area contributed by atoms with Gasteiger partial charge in [-0.2, -0.15) is 13.2 Å². The first kappa shape index (κ1) is 13.9. The number of alkyl halides is 3. The van der Waals surface area contributed by atoms with Crippen LogP contribution in [0.15, 0.2) is 24.3 Å². The molecule has 0 spiro atoms. The third-order valence-corrected chi connectivity index (χ3v) is 3.21. The van der Waals surface area contributed by atoms with Gasteiger partial charge in [-0.25, -0.2) is 0 Å². The molecule has 1 aromatic carbocycles. The fourth-order valence-electron chi connectivity index (χ4n) is 2.13. The largest absolute Gasteiger partial charge is 0.416 e. The second-order valence-electron chi connectivity index (χ2n) is 4.65. The highest BCUT2D eigenvalue weighted by Gasteiger charge is 2.44. The minimum absolute atomic E-state index is 0.111. The number of carbonyl (C=O) groups excluding carboxylic acids is 1. The van der Waals surface area contributed by atoms with Crippen LogP contribution in [0.1, 0.15) is 23.5 Å². The number of hydrogen-bond acceptors (Lipinski definition) is 2. The molecule has 0 aromatic heterocycles. The summed E-state index contributed by atoms with van der Waals surface area (Å²) in [4.78, 5) is 11.6.